The highest BCUT2D eigenvalue weighted by Gasteiger charge is 2.09. The predicted molar refractivity (Wildman–Crippen MR) is 86.4 cm³/mol. The van der Waals surface area contributed by atoms with Crippen LogP contribution in [0.5, 0.6) is 0 Å². The van der Waals surface area contributed by atoms with E-state index in [1.807, 2.05) is 42.5 Å². The summed E-state index contributed by atoms with van der Waals surface area (Å²) >= 11 is 3.37. The third-order valence-corrected chi connectivity index (χ3v) is 3.58. The number of carbonyl (C=O) groups is 2. The van der Waals surface area contributed by atoms with E-state index in [2.05, 4.69) is 21.2 Å². The van der Waals surface area contributed by atoms with Gasteiger partial charge in [-0.1, -0.05) is 52.3 Å². The van der Waals surface area contributed by atoms with E-state index in [1.165, 1.54) is 6.92 Å². The van der Waals surface area contributed by atoms with Crippen LogP contribution in [0.15, 0.2) is 53.0 Å². The van der Waals surface area contributed by atoms with Gasteiger partial charge in [0, 0.05) is 29.1 Å². The van der Waals surface area contributed by atoms with Gasteiger partial charge in [-0.25, -0.2) is 0 Å². The maximum atomic E-state index is 12.3. The summed E-state index contributed by atoms with van der Waals surface area (Å²) in [5.41, 5.74) is 2.42. The molecule has 0 aliphatic rings. The Morgan fingerprint density at radius 1 is 1.05 bits per heavy atom. The highest BCUT2D eigenvalue weighted by atomic mass is 79.9. The number of amides is 1. The maximum Gasteiger partial charge on any atom is 0.216 e. The summed E-state index contributed by atoms with van der Waals surface area (Å²) in [4.78, 5) is 23.1. The standard InChI is InChI=1S/C17H16BrNO2/c1-12(20)19-10-9-13-5-7-14(8-6-13)17(21)15-3-2-4-16(18)11-15/h2-8,11H,9-10H2,1H3,(H,19,20). The number of benzene rings is 2. The first kappa shape index (κ1) is 15.4. The lowest BCUT2D eigenvalue weighted by Gasteiger charge is -2.05. The van der Waals surface area contributed by atoms with E-state index in [0.717, 1.165) is 16.5 Å². The fraction of sp³-hybridized carbons (Fsp3) is 0.176. The molecule has 4 heteroatoms. The minimum Gasteiger partial charge on any atom is -0.356 e. The summed E-state index contributed by atoms with van der Waals surface area (Å²) in [5.74, 6) is -0.0267. The second-order valence-electron chi connectivity index (χ2n) is 4.77. The van der Waals surface area contributed by atoms with Crippen molar-refractivity contribution in [2.24, 2.45) is 0 Å². The van der Waals surface area contributed by atoms with Crippen molar-refractivity contribution in [1.82, 2.24) is 5.32 Å². The number of rotatable bonds is 5. The summed E-state index contributed by atoms with van der Waals surface area (Å²) in [6, 6.07) is 14.9. The van der Waals surface area contributed by atoms with E-state index < -0.39 is 0 Å². The van der Waals surface area contributed by atoms with E-state index in [-0.39, 0.29) is 11.7 Å². The molecule has 2 aromatic carbocycles. The van der Waals surface area contributed by atoms with Crippen molar-refractivity contribution < 1.29 is 9.59 Å². The van der Waals surface area contributed by atoms with E-state index >= 15 is 0 Å². The van der Waals surface area contributed by atoms with E-state index in [1.54, 1.807) is 6.07 Å². The highest BCUT2D eigenvalue weighted by molar-refractivity contribution is 9.10. The molecular weight excluding hydrogens is 330 g/mol. The molecule has 21 heavy (non-hydrogen) atoms. The van der Waals surface area contributed by atoms with Crippen LogP contribution in [-0.4, -0.2) is 18.2 Å². The van der Waals surface area contributed by atoms with Gasteiger partial charge in [0.2, 0.25) is 5.91 Å². The first-order chi connectivity index (χ1) is 10.1. The monoisotopic (exact) mass is 345 g/mol. The van der Waals surface area contributed by atoms with Gasteiger partial charge in [0.25, 0.3) is 0 Å². The summed E-state index contributed by atoms with van der Waals surface area (Å²) < 4.78 is 0.889. The molecule has 0 saturated carbocycles. The first-order valence-corrected chi connectivity index (χ1v) is 7.49. The zero-order valence-corrected chi connectivity index (χ0v) is 13.3. The van der Waals surface area contributed by atoms with E-state index in [0.29, 0.717) is 17.7 Å². The fourth-order valence-corrected chi connectivity index (χ4v) is 2.40. The minimum atomic E-state index is -0.0311. The van der Waals surface area contributed by atoms with Crippen LogP contribution in [-0.2, 0) is 11.2 Å². The minimum absolute atomic E-state index is 0.00436. The molecule has 1 N–H and O–H groups in total. The van der Waals surface area contributed by atoms with Crippen molar-refractivity contribution in [2.45, 2.75) is 13.3 Å². The van der Waals surface area contributed by atoms with Gasteiger partial charge in [0.1, 0.15) is 0 Å². The number of carbonyl (C=O) groups excluding carboxylic acids is 2. The molecule has 0 fully saturated rings. The lowest BCUT2D eigenvalue weighted by atomic mass is 10.0. The Morgan fingerprint density at radius 3 is 2.38 bits per heavy atom. The fourth-order valence-electron chi connectivity index (χ4n) is 2.00. The summed E-state index contributed by atoms with van der Waals surface area (Å²) in [7, 11) is 0. The molecule has 0 aliphatic heterocycles. The van der Waals surface area contributed by atoms with Crippen molar-refractivity contribution in [3.63, 3.8) is 0 Å². The van der Waals surface area contributed by atoms with Crippen molar-refractivity contribution >= 4 is 27.6 Å². The Labute approximate surface area is 132 Å². The molecule has 0 spiro atoms. The molecule has 3 nitrogen and oxygen atoms in total. The maximum absolute atomic E-state index is 12.3. The molecule has 0 saturated heterocycles. The molecule has 0 aliphatic carbocycles. The molecule has 0 atom stereocenters. The SMILES string of the molecule is CC(=O)NCCc1ccc(C(=O)c2cccc(Br)c2)cc1. The van der Waals surface area contributed by atoms with Crippen LogP contribution in [0.2, 0.25) is 0 Å². The Kier molecular flexibility index (Phi) is 5.28. The van der Waals surface area contributed by atoms with Gasteiger partial charge in [-0.15, -0.1) is 0 Å². The van der Waals surface area contributed by atoms with Gasteiger partial charge in [0.15, 0.2) is 5.78 Å². The average molecular weight is 346 g/mol. The van der Waals surface area contributed by atoms with Crippen LogP contribution in [0.1, 0.15) is 28.4 Å². The molecule has 0 heterocycles. The molecule has 2 rings (SSSR count). The molecule has 1 amide bonds. The Bertz CT molecular complexity index is 650. The van der Waals surface area contributed by atoms with Crippen LogP contribution in [0.4, 0.5) is 0 Å². The van der Waals surface area contributed by atoms with E-state index in [9.17, 15) is 9.59 Å². The van der Waals surface area contributed by atoms with Crippen molar-refractivity contribution in [2.75, 3.05) is 6.54 Å². The Balaban J connectivity index is 2.04. The molecule has 0 unspecified atom stereocenters. The Morgan fingerprint density at radius 2 is 1.76 bits per heavy atom. The summed E-state index contributed by atoms with van der Waals surface area (Å²) in [6.45, 7) is 2.11. The molecule has 0 bridgehead atoms. The molecule has 108 valence electrons. The molecular formula is C17H16BrNO2. The predicted octanol–water partition coefficient (Wildman–Crippen LogP) is 3.36. The number of hydrogen-bond donors (Lipinski definition) is 1. The normalized spacial score (nSPS) is 10.2. The van der Waals surface area contributed by atoms with E-state index in [4.69, 9.17) is 0 Å². The van der Waals surface area contributed by atoms with Gasteiger partial charge in [-0.2, -0.15) is 0 Å². The smallest absolute Gasteiger partial charge is 0.216 e. The van der Waals surface area contributed by atoms with Crippen LogP contribution in [0.3, 0.4) is 0 Å². The van der Waals surface area contributed by atoms with Crippen LogP contribution in [0, 0.1) is 0 Å². The highest BCUT2D eigenvalue weighted by Crippen LogP contribution is 2.16. The van der Waals surface area contributed by atoms with Gasteiger partial charge in [0.05, 0.1) is 0 Å². The zero-order valence-electron chi connectivity index (χ0n) is 11.7. The molecule has 0 aromatic heterocycles. The second kappa shape index (κ2) is 7.18. The van der Waals surface area contributed by atoms with Gasteiger partial charge >= 0.3 is 0 Å². The molecule has 0 radical (unpaired) electrons. The second-order valence-corrected chi connectivity index (χ2v) is 5.69. The van der Waals surface area contributed by atoms with Crippen molar-refractivity contribution in [3.05, 3.63) is 69.7 Å². The average Bonchev–Trinajstić information content (AvgIpc) is 2.47. The summed E-state index contributed by atoms with van der Waals surface area (Å²) in [5, 5.41) is 2.75. The van der Waals surface area contributed by atoms with Gasteiger partial charge in [-0.3, -0.25) is 9.59 Å². The van der Waals surface area contributed by atoms with Crippen LogP contribution < -0.4 is 5.32 Å². The number of ketones is 1. The van der Waals surface area contributed by atoms with Gasteiger partial charge in [-0.05, 0) is 24.1 Å². The zero-order chi connectivity index (χ0) is 15.2. The Hall–Kier alpha value is -1.94. The largest absolute Gasteiger partial charge is 0.356 e. The lowest BCUT2D eigenvalue weighted by molar-refractivity contribution is -0.118. The quantitative estimate of drug-likeness (QED) is 0.844. The number of halogens is 1. The summed E-state index contributed by atoms with van der Waals surface area (Å²) in [6.07, 6.45) is 0.755. The van der Waals surface area contributed by atoms with Gasteiger partial charge < -0.3 is 5.32 Å². The first-order valence-electron chi connectivity index (χ1n) is 6.70. The lowest BCUT2D eigenvalue weighted by Crippen LogP contribution is -2.22. The van der Waals surface area contributed by atoms with Crippen molar-refractivity contribution in [1.29, 1.82) is 0 Å². The number of hydrogen-bond acceptors (Lipinski definition) is 2. The third-order valence-electron chi connectivity index (χ3n) is 3.09. The third kappa shape index (κ3) is 4.53. The molecule has 2 aromatic rings. The van der Waals surface area contributed by atoms with Crippen LogP contribution in [0.25, 0.3) is 0 Å². The number of nitrogens with one attached hydrogen (secondary N) is 1. The van der Waals surface area contributed by atoms with Crippen LogP contribution >= 0.6 is 15.9 Å². The topological polar surface area (TPSA) is 46.2 Å². The van der Waals surface area contributed by atoms with Crippen molar-refractivity contribution in [3.8, 4) is 0 Å².